The van der Waals surface area contributed by atoms with Crippen molar-refractivity contribution >= 4 is 16.9 Å². The van der Waals surface area contributed by atoms with Crippen LogP contribution in [0.5, 0.6) is 0 Å². The summed E-state index contributed by atoms with van der Waals surface area (Å²) in [4.78, 5) is 4.18. The van der Waals surface area contributed by atoms with Crippen LogP contribution >= 0.6 is 0 Å². The molecule has 5 nitrogen and oxygen atoms in total. The molecule has 0 aliphatic carbocycles. The van der Waals surface area contributed by atoms with Crippen LogP contribution in [0.2, 0.25) is 0 Å². The van der Waals surface area contributed by atoms with Gasteiger partial charge in [-0.1, -0.05) is 13.0 Å². The van der Waals surface area contributed by atoms with Gasteiger partial charge in [-0.15, -0.1) is 0 Å². The third kappa shape index (κ3) is 2.53. The second-order valence-corrected chi connectivity index (χ2v) is 5.71. The lowest BCUT2D eigenvalue weighted by atomic mass is 9.94. The standard InChI is InChI=1S/C16H23N5/c1-3-4-11(2)13-9-14(12-5-7-18-8-6-12)21-15(13)16(17)19-10-20-21/h4,9-10,12,18H,3,5-8H2,1-2H3,(H2,17,19,20)/b11-4+. The minimum atomic E-state index is 0.538. The molecule has 0 atom stereocenters. The predicted molar refractivity (Wildman–Crippen MR) is 86.2 cm³/mol. The number of nitrogen functional groups attached to an aromatic ring is 1. The van der Waals surface area contributed by atoms with Crippen molar-refractivity contribution < 1.29 is 0 Å². The highest BCUT2D eigenvalue weighted by Gasteiger charge is 2.22. The van der Waals surface area contributed by atoms with E-state index in [9.17, 15) is 0 Å². The van der Waals surface area contributed by atoms with Gasteiger partial charge < -0.3 is 11.1 Å². The van der Waals surface area contributed by atoms with Gasteiger partial charge in [0.1, 0.15) is 11.8 Å². The van der Waals surface area contributed by atoms with Gasteiger partial charge in [0.05, 0.1) is 0 Å². The first-order valence-electron chi connectivity index (χ1n) is 7.72. The van der Waals surface area contributed by atoms with Crippen molar-refractivity contribution in [3.63, 3.8) is 0 Å². The van der Waals surface area contributed by atoms with Gasteiger partial charge in [0.15, 0.2) is 5.82 Å². The van der Waals surface area contributed by atoms with Crippen molar-refractivity contribution in [3.05, 3.63) is 29.7 Å². The van der Waals surface area contributed by atoms with E-state index in [4.69, 9.17) is 5.73 Å². The van der Waals surface area contributed by atoms with Crippen LogP contribution in [0.1, 0.15) is 50.3 Å². The monoisotopic (exact) mass is 285 g/mol. The maximum absolute atomic E-state index is 6.12. The Morgan fingerprint density at radius 2 is 2.24 bits per heavy atom. The fourth-order valence-electron chi connectivity index (χ4n) is 3.22. The number of hydrogen-bond donors (Lipinski definition) is 2. The summed E-state index contributed by atoms with van der Waals surface area (Å²) in [5.41, 5.74) is 10.8. The molecule has 1 saturated heterocycles. The van der Waals surface area contributed by atoms with Gasteiger partial charge in [0.25, 0.3) is 0 Å². The topological polar surface area (TPSA) is 68.2 Å². The van der Waals surface area contributed by atoms with E-state index in [0.29, 0.717) is 11.7 Å². The second-order valence-electron chi connectivity index (χ2n) is 5.71. The summed E-state index contributed by atoms with van der Waals surface area (Å²) in [5.74, 6) is 1.10. The van der Waals surface area contributed by atoms with Gasteiger partial charge in [-0.25, -0.2) is 9.50 Å². The largest absolute Gasteiger partial charge is 0.382 e. The van der Waals surface area contributed by atoms with Crippen molar-refractivity contribution in [2.45, 2.75) is 39.0 Å². The molecule has 0 spiro atoms. The van der Waals surface area contributed by atoms with Crippen molar-refractivity contribution in [2.75, 3.05) is 18.8 Å². The zero-order valence-electron chi connectivity index (χ0n) is 12.8. The molecule has 21 heavy (non-hydrogen) atoms. The lowest BCUT2D eigenvalue weighted by molar-refractivity contribution is 0.448. The molecule has 0 radical (unpaired) electrons. The van der Waals surface area contributed by atoms with Crippen molar-refractivity contribution in [2.24, 2.45) is 0 Å². The van der Waals surface area contributed by atoms with Gasteiger partial charge in [-0.2, -0.15) is 5.10 Å². The minimum Gasteiger partial charge on any atom is -0.382 e. The Labute approximate surface area is 125 Å². The molecule has 1 aliphatic rings. The average molecular weight is 285 g/mol. The summed E-state index contributed by atoms with van der Waals surface area (Å²) >= 11 is 0. The molecule has 0 amide bonds. The maximum Gasteiger partial charge on any atom is 0.151 e. The summed E-state index contributed by atoms with van der Waals surface area (Å²) in [6.07, 6.45) is 7.08. The Kier molecular flexibility index (Phi) is 3.92. The number of piperidine rings is 1. The van der Waals surface area contributed by atoms with Crippen LogP contribution in [-0.2, 0) is 0 Å². The number of aromatic nitrogens is 3. The molecular weight excluding hydrogens is 262 g/mol. The molecule has 3 rings (SSSR count). The summed E-state index contributed by atoms with van der Waals surface area (Å²) in [7, 11) is 0. The normalized spacial score (nSPS) is 17.5. The van der Waals surface area contributed by atoms with Gasteiger partial charge in [-0.05, 0) is 50.9 Å². The molecule has 0 saturated carbocycles. The Morgan fingerprint density at radius 3 is 2.95 bits per heavy atom. The van der Waals surface area contributed by atoms with E-state index in [1.165, 1.54) is 16.8 Å². The molecule has 3 heterocycles. The van der Waals surface area contributed by atoms with Crippen LogP contribution in [-0.4, -0.2) is 27.7 Å². The van der Waals surface area contributed by atoms with Crippen LogP contribution < -0.4 is 11.1 Å². The van der Waals surface area contributed by atoms with Gasteiger partial charge >= 0.3 is 0 Å². The first-order valence-corrected chi connectivity index (χ1v) is 7.72. The molecular formula is C16H23N5. The van der Waals surface area contributed by atoms with Gasteiger partial charge in [0, 0.05) is 17.2 Å². The van der Waals surface area contributed by atoms with E-state index in [0.717, 1.165) is 37.9 Å². The number of fused-ring (bicyclic) bond motifs is 1. The third-order valence-corrected chi connectivity index (χ3v) is 4.30. The van der Waals surface area contributed by atoms with Crippen LogP contribution in [0.15, 0.2) is 18.5 Å². The quantitative estimate of drug-likeness (QED) is 0.909. The Morgan fingerprint density at radius 1 is 1.48 bits per heavy atom. The average Bonchev–Trinajstić information content (AvgIpc) is 2.89. The number of allylic oxidation sites excluding steroid dienone is 2. The zero-order chi connectivity index (χ0) is 14.8. The Bertz CT molecular complexity index is 665. The van der Waals surface area contributed by atoms with E-state index in [-0.39, 0.29) is 0 Å². The van der Waals surface area contributed by atoms with Gasteiger partial charge in [0.2, 0.25) is 0 Å². The molecule has 112 valence electrons. The minimum absolute atomic E-state index is 0.538. The molecule has 2 aromatic heterocycles. The Hall–Kier alpha value is -1.88. The van der Waals surface area contributed by atoms with E-state index in [1.807, 2.05) is 4.52 Å². The molecule has 1 fully saturated rings. The molecule has 5 heteroatoms. The second kappa shape index (κ2) is 5.85. The lowest BCUT2D eigenvalue weighted by Gasteiger charge is -2.22. The summed E-state index contributed by atoms with van der Waals surface area (Å²) in [5, 5.41) is 7.87. The lowest BCUT2D eigenvalue weighted by Crippen LogP contribution is -2.27. The van der Waals surface area contributed by atoms with E-state index < -0.39 is 0 Å². The van der Waals surface area contributed by atoms with Gasteiger partial charge in [-0.3, -0.25) is 0 Å². The molecule has 3 N–H and O–H groups in total. The molecule has 0 bridgehead atoms. The number of hydrogen-bond acceptors (Lipinski definition) is 4. The van der Waals surface area contributed by atoms with Crippen LogP contribution in [0, 0.1) is 0 Å². The number of nitrogens with zero attached hydrogens (tertiary/aromatic N) is 3. The molecule has 0 aromatic carbocycles. The highest BCUT2D eigenvalue weighted by atomic mass is 15.3. The fourth-order valence-corrected chi connectivity index (χ4v) is 3.22. The SMILES string of the molecule is CC/C=C(\C)c1cc(C2CCNCC2)n2ncnc(N)c12. The molecule has 2 aromatic rings. The first kappa shape index (κ1) is 14.1. The number of nitrogens with one attached hydrogen (secondary N) is 1. The highest BCUT2D eigenvalue weighted by Crippen LogP contribution is 2.33. The fraction of sp³-hybridized carbons (Fsp3) is 0.500. The van der Waals surface area contributed by atoms with Crippen LogP contribution in [0.4, 0.5) is 5.82 Å². The van der Waals surface area contributed by atoms with Crippen LogP contribution in [0.3, 0.4) is 0 Å². The number of nitrogens with two attached hydrogens (primary N) is 1. The smallest absolute Gasteiger partial charge is 0.151 e. The van der Waals surface area contributed by atoms with Crippen LogP contribution in [0.25, 0.3) is 11.1 Å². The summed E-state index contributed by atoms with van der Waals surface area (Å²) in [6.45, 7) is 6.42. The highest BCUT2D eigenvalue weighted by molar-refractivity contribution is 5.84. The number of anilines is 1. The summed E-state index contributed by atoms with van der Waals surface area (Å²) in [6, 6.07) is 2.26. The molecule has 1 aliphatic heterocycles. The predicted octanol–water partition coefficient (Wildman–Crippen LogP) is 2.59. The van der Waals surface area contributed by atoms with Crippen molar-refractivity contribution in [1.29, 1.82) is 0 Å². The zero-order valence-corrected chi connectivity index (χ0v) is 12.8. The molecule has 0 unspecified atom stereocenters. The van der Waals surface area contributed by atoms with Crippen molar-refractivity contribution in [3.8, 4) is 0 Å². The van der Waals surface area contributed by atoms with E-state index in [1.54, 1.807) is 6.33 Å². The first-order chi connectivity index (χ1) is 10.2. The van der Waals surface area contributed by atoms with E-state index in [2.05, 4.69) is 41.4 Å². The Balaban J connectivity index is 2.17. The number of rotatable bonds is 3. The maximum atomic E-state index is 6.12. The summed E-state index contributed by atoms with van der Waals surface area (Å²) < 4.78 is 2.00. The van der Waals surface area contributed by atoms with E-state index >= 15 is 0 Å². The van der Waals surface area contributed by atoms with Crippen molar-refractivity contribution in [1.82, 2.24) is 19.9 Å². The third-order valence-electron chi connectivity index (χ3n) is 4.30.